The number of ether oxygens (including phenoxy) is 3. The van der Waals surface area contributed by atoms with Crippen molar-refractivity contribution in [3.05, 3.63) is 76.3 Å². The number of hydrogen-bond acceptors (Lipinski definition) is 7. The largest absolute Gasteiger partial charge is 0.495 e. The van der Waals surface area contributed by atoms with E-state index in [-0.39, 0.29) is 46.0 Å². The van der Waals surface area contributed by atoms with E-state index in [1.165, 1.54) is 56.6 Å². The second-order valence-corrected chi connectivity index (χ2v) is 12.0. The van der Waals surface area contributed by atoms with Gasteiger partial charge in [0, 0.05) is 29.2 Å². The van der Waals surface area contributed by atoms with Crippen molar-refractivity contribution in [3.63, 3.8) is 0 Å². The third-order valence-electron chi connectivity index (χ3n) is 6.63. The zero-order valence-electron chi connectivity index (χ0n) is 24.6. The SMILES string of the molecule is CCNC(=O)C(CC)N(Cc1ccc(Cl)cc1)C(=O)CN(c1cc(Cl)ccc1OC)S(=O)(=O)c1ccc(OC)c(OC)c1. The van der Waals surface area contributed by atoms with Crippen LogP contribution in [0.3, 0.4) is 0 Å². The number of nitrogens with one attached hydrogen (secondary N) is 1. The second-order valence-electron chi connectivity index (χ2n) is 9.31. The summed E-state index contributed by atoms with van der Waals surface area (Å²) in [6.07, 6.45) is 0.286. The Labute approximate surface area is 262 Å². The number of benzene rings is 3. The Morgan fingerprint density at radius 1 is 0.837 bits per heavy atom. The summed E-state index contributed by atoms with van der Waals surface area (Å²) in [5.74, 6) is -0.312. The van der Waals surface area contributed by atoms with Gasteiger partial charge in [-0.3, -0.25) is 13.9 Å². The van der Waals surface area contributed by atoms with Crippen LogP contribution in [-0.2, 0) is 26.2 Å². The number of carbonyl (C=O) groups is 2. The van der Waals surface area contributed by atoms with E-state index in [2.05, 4.69) is 5.32 Å². The molecule has 0 fully saturated rings. The predicted octanol–water partition coefficient (Wildman–Crippen LogP) is 5.16. The summed E-state index contributed by atoms with van der Waals surface area (Å²) < 4.78 is 45.5. The normalized spacial score (nSPS) is 11.8. The molecule has 232 valence electrons. The zero-order chi connectivity index (χ0) is 31.7. The first-order valence-electron chi connectivity index (χ1n) is 13.4. The zero-order valence-corrected chi connectivity index (χ0v) is 26.9. The topological polar surface area (TPSA) is 114 Å². The standard InChI is InChI=1S/C30H35Cl2N3O7S/c1-6-24(30(37)33-7-2)34(18-20-8-10-21(31)11-9-20)29(36)19-35(25-16-22(32)12-14-26(25)40-3)43(38,39)23-13-15-27(41-4)28(17-23)42-5/h8-17,24H,6-7,18-19H2,1-5H3,(H,33,37). The summed E-state index contributed by atoms with van der Waals surface area (Å²) in [7, 11) is -0.240. The van der Waals surface area contributed by atoms with Crippen LogP contribution < -0.4 is 23.8 Å². The minimum absolute atomic E-state index is 0.0303. The van der Waals surface area contributed by atoms with Crippen molar-refractivity contribution in [2.75, 3.05) is 38.7 Å². The number of amides is 2. The molecule has 0 heterocycles. The highest BCUT2D eigenvalue weighted by Crippen LogP contribution is 2.37. The molecule has 13 heteroatoms. The van der Waals surface area contributed by atoms with Crippen LogP contribution >= 0.6 is 23.2 Å². The number of carbonyl (C=O) groups excluding carboxylic acids is 2. The number of nitrogens with zero attached hydrogens (tertiary/aromatic N) is 2. The molecule has 0 aliphatic carbocycles. The van der Waals surface area contributed by atoms with Crippen molar-refractivity contribution < 1.29 is 32.2 Å². The molecule has 43 heavy (non-hydrogen) atoms. The molecule has 0 bridgehead atoms. The van der Waals surface area contributed by atoms with Gasteiger partial charge in [0.2, 0.25) is 11.8 Å². The van der Waals surface area contributed by atoms with E-state index in [9.17, 15) is 18.0 Å². The smallest absolute Gasteiger partial charge is 0.265 e. The van der Waals surface area contributed by atoms with Gasteiger partial charge in [-0.1, -0.05) is 42.3 Å². The monoisotopic (exact) mass is 651 g/mol. The van der Waals surface area contributed by atoms with Crippen molar-refractivity contribution in [1.82, 2.24) is 10.2 Å². The van der Waals surface area contributed by atoms with Crippen LogP contribution in [0.4, 0.5) is 5.69 Å². The fourth-order valence-corrected chi connectivity index (χ4v) is 6.20. The first kappa shape index (κ1) is 33.8. The average molecular weight is 653 g/mol. The molecule has 1 unspecified atom stereocenters. The van der Waals surface area contributed by atoms with Gasteiger partial charge in [0.05, 0.1) is 31.9 Å². The maximum Gasteiger partial charge on any atom is 0.265 e. The lowest BCUT2D eigenvalue weighted by atomic mass is 10.1. The number of halogens is 2. The Kier molecular flexibility index (Phi) is 11.9. The van der Waals surface area contributed by atoms with Gasteiger partial charge in [0.25, 0.3) is 10.0 Å². The molecule has 0 spiro atoms. The third kappa shape index (κ3) is 8.04. The highest BCUT2D eigenvalue weighted by molar-refractivity contribution is 7.92. The molecular weight excluding hydrogens is 617 g/mol. The van der Waals surface area contributed by atoms with Gasteiger partial charge in [0.15, 0.2) is 11.5 Å². The Morgan fingerprint density at radius 3 is 2.02 bits per heavy atom. The minimum Gasteiger partial charge on any atom is -0.495 e. The molecule has 1 N–H and O–H groups in total. The Bertz CT molecular complexity index is 1540. The third-order valence-corrected chi connectivity index (χ3v) is 8.88. The van der Waals surface area contributed by atoms with Crippen molar-refractivity contribution in [3.8, 4) is 17.2 Å². The van der Waals surface area contributed by atoms with Gasteiger partial charge in [-0.25, -0.2) is 8.42 Å². The van der Waals surface area contributed by atoms with Crippen LogP contribution in [0, 0.1) is 0 Å². The fraction of sp³-hybridized carbons (Fsp3) is 0.333. The van der Waals surface area contributed by atoms with Crippen LogP contribution in [0.2, 0.25) is 10.0 Å². The molecule has 2 amide bonds. The van der Waals surface area contributed by atoms with E-state index in [1.54, 1.807) is 44.2 Å². The summed E-state index contributed by atoms with van der Waals surface area (Å²) in [6, 6.07) is 14.5. The molecule has 0 saturated heterocycles. The highest BCUT2D eigenvalue weighted by atomic mass is 35.5. The molecule has 3 rings (SSSR count). The van der Waals surface area contributed by atoms with Gasteiger partial charge < -0.3 is 24.4 Å². The molecule has 0 aromatic heterocycles. The van der Waals surface area contributed by atoms with E-state index in [4.69, 9.17) is 37.4 Å². The summed E-state index contributed by atoms with van der Waals surface area (Å²) in [6.45, 7) is 3.27. The van der Waals surface area contributed by atoms with E-state index in [0.29, 0.717) is 22.9 Å². The maximum absolute atomic E-state index is 14.3. The van der Waals surface area contributed by atoms with Gasteiger partial charge in [-0.2, -0.15) is 0 Å². The number of sulfonamides is 1. The highest BCUT2D eigenvalue weighted by Gasteiger charge is 2.35. The lowest BCUT2D eigenvalue weighted by molar-refractivity contribution is -0.140. The van der Waals surface area contributed by atoms with Crippen molar-refractivity contribution in [2.45, 2.75) is 37.8 Å². The minimum atomic E-state index is -4.44. The number of hydrogen-bond donors (Lipinski definition) is 1. The Hall–Kier alpha value is -3.67. The first-order valence-corrected chi connectivity index (χ1v) is 15.6. The van der Waals surface area contributed by atoms with Crippen LogP contribution in [0.25, 0.3) is 0 Å². The molecule has 0 radical (unpaired) electrons. The molecule has 0 aliphatic heterocycles. The second kappa shape index (κ2) is 15.2. The van der Waals surface area contributed by atoms with Crippen molar-refractivity contribution >= 4 is 50.7 Å². The van der Waals surface area contributed by atoms with Crippen molar-refractivity contribution in [1.29, 1.82) is 0 Å². The average Bonchev–Trinajstić information content (AvgIpc) is 3.00. The summed E-state index contributed by atoms with van der Waals surface area (Å²) in [4.78, 5) is 28.5. The van der Waals surface area contributed by atoms with E-state index in [0.717, 1.165) is 4.31 Å². The van der Waals surface area contributed by atoms with Crippen molar-refractivity contribution in [2.24, 2.45) is 0 Å². The summed E-state index contributed by atoms with van der Waals surface area (Å²) in [5.41, 5.74) is 0.741. The van der Waals surface area contributed by atoms with Gasteiger partial charge in [-0.15, -0.1) is 0 Å². The summed E-state index contributed by atoms with van der Waals surface area (Å²) in [5, 5.41) is 3.50. The quantitative estimate of drug-likeness (QED) is 0.256. The fourth-order valence-electron chi connectivity index (χ4n) is 4.47. The van der Waals surface area contributed by atoms with E-state index in [1.807, 2.05) is 0 Å². The van der Waals surface area contributed by atoms with Gasteiger partial charge in [0.1, 0.15) is 18.3 Å². The van der Waals surface area contributed by atoms with Crippen LogP contribution in [0.1, 0.15) is 25.8 Å². The molecule has 3 aromatic rings. The van der Waals surface area contributed by atoms with Gasteiger partial charge >= 0.3 is 0 Å². The van der Waals surface area contributed by atoms with Gasteiger partial charge in [-0.05, 0) is 61.4 Å². The van der Waals surface area contributed by atoms with E-state index >= 15 is 0 Å². The number of methoxy groups -OCH3 is 3. The molecule has 0 saturated carbocycles. The van der Waals surface area contributed by atoms with Crippen LogP contribution in [0.5, 0.6) is 17.2 Å². The number of rotatable bonds is 14. The number of likely N-dealkylation sites (N-methyl/N-ethyl adjacent to an activating group) is 1. The lowest BCUT2D eigenvalue weighted by Crippen LogP contribution is -2.52. The molecule has 3 aromatic carbocycles. The number of anilines is 1. The first-order chi connectivity index (χ1) is 20.5. The molecular formula is C30H35Cl2N3O7S. The van der Waals surface area contributed by atoms with Crippen LogP contribution in [-0.4, -0.2) is 65.6 Å². The maximum atomic E-state index is 14.3. The molecule has 1 atom stereocenters. The van der Waals surface area contributed by atoms with Crippen LogP contribution in [0.15, 0.2) is 65.6 Å². The lowest BCUT2D eigenvalue weighted by Gasteiger charge is -2.33. The van der Waals surface area contributed by atoms with E-state index < -0.39 is 28.5 Å². The Balaban J connectivity index is 2.17. The summed E-state index contributed by atoms with van der Waals surface area (Å²) >= 11 is 12.4. The molecule has 0 aliphatic rings. The Morgan fingerprint density at radius 2 is 1.44 bits per heavy atom. The molecule has 10 nitrogen and oxygen atoms in total. The predicted molar refractivity (Wildman–Crippen MR) is 167 cm³/mol.